The minimum absolute atomic E-state index is 0.113. The summed E-state index contributed by atoms with van der Waals surface area (Å²) in [5.41, 5.74) is 0.480. The second kappa shape index (κ2) is 11.5. The van der Waals surface area contributed by atoms with E-state index in [4.69, 9.17) is 4.74 Å². The van der Waals surface area contributed by atoms with Gasteiger partial charge in [-0.25, -0.2) is 8.42 Å². The van der Waals surface area contributed by atoms with Crippen molar-refractivity contribution in [3.05, 3.63) is 18.2 Å². The predicted molar refractivity (Wildman–Crippen MR) is 125 cm³/mol. The summed E-state index contributed by atoms with van der Waals surface area (Å²) in [6, 6.07) is 4.82. The van der Waals surface area contributed by atoms with Crippen molar-refractivity contribution in [2.75, 3.05) is 50.0 Å². The summed E-state index contributed by atoms with van der Waals surface area (Å²) < 4.78 is 32.8. The standard InChI is InChI=1S/C22H33N3O5S2/c1-3-5-6-17(4-2)14-23-21(26)15-25-19-13-18(7-8-20(19)31-16-22(25)27)32(28,29)24-9-11-30-12-10-24/h7-8,13,17H,3-6,9-12,14-16H2,1-2H3,(H,23,26)/t17-/m1/s1. The first-order valence-corrected chi connectivity index (χ1v) is 13.7. The lowest BCUT2D eigenvalue weighted by Gasteiger charge is -2.30. The molecular formula is C22H33N3O5S2. The van der Waals surface area contributed by atoms with Crippen LogP contribution < -0.4 is 10.2 Å². The lowest BCUT2D eigenvalue weighted by molar-refractivity contribution is -0.123. The number of hydrogen-bond acceptors (Lipinski definition) is 6. The van der Waals surface area contributed by atoms with Crippen molar-refractivity contribution in [1.29, 1.82) is 0 Å². The molecule has 1 fully saturated rings. The molecule has 3 rings (SSSR count). The number of rotatable bonds is 10. The van der Waals surface area contributed by atoms with Gasteiger partial charge in [0.1, 0.15) is 6.54 Å². The molecule has 1 aromatic rings. The van der Waals surface area contributed by atoms with Gasteiger partial charge in [-0.15, -0.1) is 11.8 Å². The van der Waals surface area contributed by atoms with Crippen molar-refractivity contribution in [2.24, 2.45) is 5.92 Å². The molecule has 10 heteroatoms. The fourth-order valence-electron chi connectivity index (χ4n) is 3.85. The third-order valence-electron chi connectivity index (χ3n) is 5.91. The Balaban J connectivity index is 1.74. The quantitative estimate of drug-likeness (QED) is 0.549. The third kappa shape index (κ3) is 6.03. The van der Waals surface area contributed by atoms with Crippen LogP contribution in [0.15, 0.2) is 28.0 Å². The van der Waals surface area contributed by atoms with E-state index < -0.39 is 10.0 Å². The van der Waals surface area contributed by atoms with Crippen molar-refractivity contribution in [1.82, 2.24) is 9.62 Å². The van der Waals surface area contributed by atoms with Gasteiger partial charge in [0.25, 0.3) is 0 Å². The summed E-state index contributed by atoms with van der Waals surface area (Å²) in [6.07, 6.45) is 4.31. The van der Waals surface area contributed by atoms with Crippen LogP contribution in [-0.4, -0.2) is 69.7 Å². The lowest BCUT2D eigenvalue weighted by Crippen LogP contribution is -2.44. The van der Waals surface area contributed by atoms with E-state index in [1.54, 1.807) is 12.1 Å². The summed E-state index contributed by atoms with van der Waals surface area (Å²) in [5, 5.41) is 2.96. The highest BCUT2D eigenvalue weighted by molar-refractivity contribution is 8.00. The Labute approximate surface area is 195 Å². The molecule has 0 radical (unpaired) electrons. The highest BCUT2D eigenvalue weighted by Crippen LogP contribution is 2.37. The molecule has 1 atom stereocenters. The number of amides is 2. The van der Waals surface area contributed by atoms with Crippen LogP contribution in [0.25, 0.3) is 0 Å². The predicted octanol–water partition coefficient (Wildman–Crippen LogP) is 2.48. The molecule has 32 heavy (non-hydrogen) atoms. The molecule has 0 aliphatic carbocycles. The minimum Gasteiger partial charge on any atom is -0.379 e. The number of carbonyl (C=O) groups is 2. The first-order chi connectivity index (χ1) is 15.4. The zero-order valence-corrected chi connectivity index (χ0v) is 20.5. The molecular weight excluding hydrogens is 450 g/mol. The van der Waals surface area contributed by atoms with Crippen molar-refractivity contribution in [2.45, 2.75) is 49.3 Å². The van der Waals surface area contributed by atoms with Gasteiger partial charge in [-0.2, -0.15) is 4.31 Å². The number of benzene rings is 1. The molecule has 2 heterocycles. The van der Waals surface area contributed by atoms with Gasteiger partial charge in [0.2, 0.25) is 21.8 Å². The maximum Gasteiger partial charge on any atom is 0.243 e. The Morgan fingerprint density at radius 2 is 2.00 bits per heavy atom. The van der Waals surface area contributed by atoms with Gasteiger partial charge < -0.3 is 15.0 Å². The Morgan fingerprint density at radius 3 is 2.69 bits per heavy atom. The summed E-state index contributed by atoms with van der Waals surface area (Å²) in [6.45, 7) is 6.07. The van der Waals surface area contributed by atoms with E-state index in [2.05, 4.69) is 19.2 Å². The van der Waals surface area contributed by atoms with E-state index >= 15 is 0 Å². The summed E-state index contributed by atoms with van der Waals surface area (Å²) in [7, 11) is -3.69. The second-order valence-corrected chi connectivity index (χ2v) is 11.1. The van der Waals surface area contributed by atoms with Crippen LogP contribution in [0.2, 0.25) is 0 Å². The van der Waals surface area contributed by atoms with E-state index in [0.717, 1.165) is 30.6 Å². The van der Waals surface area contributed by atoms with Crippen LogP contribution >= 0.6 is 11.8 Å². The maximum atomic E-state index is 13.1. The van der Waals surface area contributed by atoms with Gasteiger partial charge >= 0.3 is 0 Å². The average molecular weight is 484 g/mol. The Kier molecular flexibility index (Phi) is 8.98. The summed E-state index contributed by atoms with van der Waals surface area (Å²) >= 11 is 1.36. The Hall–Kier alpha value is -1.62. The smallest absolute Gasteiger partial charge is 0.243 e. The molecule has 1 aromatic carbocycles. The Morgan fingerprint density at radius 1 is 1.25 bits per heavy atom. The summed E-state index contributed by atoms with van der Waals surface area (Å²) in [4.78, 5) is 27.6. The molecule has 1 N–H and O–H groups in total. The molecule has 2 amide bonds. The van der Waals surface area contributed by atoms with Gasteiger partial charge in [-0.1, -0.05) is 33.1 Å². The van der Waals surface area contributed by atoms with E-state index in [-0.39, 0.29) is 29.0 Å². The minimum atomic E-state index is -3.69. The second-order valence-electron chi connectivity index (χ2n) is 8.14. The van der Waals surface area contributed by atoms with Gasteiger partial charge in [0.15, 0.2) is 0 Å². The Bertz CT molecular complexity index is 916. The fourth-order valence-corrected chi connectivity index (χ4v) is 6.20. The first-order valence-electron chi connectivity index (χ1n) is 11.3. The van der Waals surface area contributed by atoms with E-state index in [1.807, 2.05) is 0 Å². The number of nitrogens with one attached hydrogen (secondary N) is 1. The number of sulfonamides is 1. The molecule has 0 spiro atoms. The highest BCUT2D eigenvalue weighted by atomic mass is 32.2. The normalized spacial score (nSPS) is 18.3. The first kappa shape index (κ1) is 25.0. The molecule has 0 unspecified atom stereocenters. The number of anilines is 1. The maximum absolute atomic E-state index is 13.1. The van der Waals surface area contributed by atoms with E-state index in [1.165, 1.54) is 27.0 Å². The van der Waals surface area contributed by atoms with Crippen LogP contribution in [0, 0.1) is 5.92 Å². The van der Waals surface area contributed by atoms with Crippen LogP contribution in [-0.2, 0) is 24.3 Å². The number of carbonyl (C=O) groups excluding carboxylic acids is 2. The highest BCUT2D eigenvalue weighted by Gasteiger charge is 2.31. The number of hydrogen-bond donors (Lipinski definition) is 1. The zero-order chi connectivity index (χ0) is 23.1. The number of nitrogens with zero attached hydrogens (tertiary/aromatic N) is 2. The fraction of sp³-hybridized carbons (Fsp3) is 0.636. The molecule has 8 nitrogen and oxygen atoms in total. The number of unbranched alkanes of at least 4 members (excludes halogenated alkanes) is 1. The molecule has 0 bridgehead atoms. The molecule has 2 aliphatic heterocycles. The van der Waals surface area contributed by atoms with Crippen molar-refractivity contribution < 1.29 is 22.7 Å². The van der Waals surface area contributed by atoms with Gasteiger partial charge in [-0.3, -0.25) is 9.59 Å². The van der Waals surface area contributed by atoms with Gasteiger partial charge in [0, 0.05) is 24.5 Å². The number of ether oxygens (including phenoxy) is 1. The monoisotopic (exact) mass is 483 g/mol. The largest absolute Gasteiger partial charge is 0.379 e. The van der Waals surface area contributed by atoms with Gasteiger partial charge in [0.05, 0.1) is 29.5 Å². The molecule has 178 valence electrons. The van der Waals surface area contributed by atoms with Crippen LogP contribution in [0.5, 0.6) is 0 Å². The van der Waals surface area contributed by atoms with E-state index in [9.17, 15) is 18.0 Å². The van der Waals surface area contributed by atoms with Crippen molar-refractivity contribution in [3.63, 3.8) is 0 Å². The lowest BCUT2D eigenvalue weighted by atomic mass is 9.99. The van der Waals surface area contributed by atoms with E-state index in [0.29, 0.717) is 44.5 Å². The van der Waals surface area contributed by atoms with Crippen LogP contribution in [0.3, 0.4) is 0 Å². The SMILES string of the molecule is CCCC[C@@H](CC)CNC(=O)CN1C(=O)CSc2ccc(S(=O)(=O)N3CCOCC3)cc21. The zero-order valence-electron chi connectivity index (χ0n) is 18.8. The van der Waals surface area contributed by atoms with Crippen molar-refractivity contribution in [3.8, 4) is 0 Å². The van der Waals surface area contributed by atoms with Crippen LogP contribution in [0.4, 0.5) is 5.69 Å². The van der Waals surface area contributed by atoms with Gasteiger partial charge in [-0.05, 0) is 30.5 Å². The number of thioether (sulfide) groups is 1. The van der Waals surface area contributed by atoms with Crippen molar-refractivity contribution >= 4 is 39.3 Å². The number of morpholine rings is 1. The molecule has 0 saturated carbocycles. The van der Waals surface area contributed by atoms with Crippen LogP contribution in [0.1, 0.15) is 39.5 Å². The number of fused-ring (bicyclic) bond motifs is 1. The average Bonchev–Trinajstić information content (AvgIpc) is 2.81. The molecule has 1 saturated heterocycles. The third-order valence-corrected chi connectivity index (χ3v) is 8.86. The topological polar surface area (TPSA) is 96.0 Å². The molecule has 2 aliphatic rings. The summed E-state index contributed by atoms with van der Waals surface area (Å²) in [5.74, 6) is 0.220. The molecule has 0 aromatic heterocycles.